The molecule has 0 amide bonds. The Kier molecular flexibility index (Phi) is 11.3. The van der Waals surface area contributed by atoms with Crippen molar-refractivity contribution in [3.8, 4) is 27.9 Å². The highest BCUT2D eigenvalue weighted by molar-refractivity contribution is 6.27. The number of fused-ring (bicyclic) bond motifs is 4. The van der Waals surface area contributed by atoms with Gasteiger partial charge in [-0.2, -0.15) is 0 Å². The first kappa shape index (κ1) is 42.3. The molecule has 0 atom stereocenters. The average molecular weight is 853 g/mol. The van der Waals surface area contributed by atoms with Gasteiger partial charge in [0.2, 0.25) is 0 Å². The molecule has 0 aliphatic carbocycles. The van der Waals surface area contributed by atoms with Crippen molar-refractivity contribution in [2.45, 2.75) is 53.4 Å². The highest BCUT2D eigenvalue weighted by atomic mass is 15.0. The standard InChI is InChI=1S/C44H33N.C12H13N.C8H10/c1-44(2,3)32-21-15-28(16-22-32)34-23-17-29-20-26-39-35(24-18-30-19-25-38(34)42(29)43(30)39)31-9-8-10-33(27-31)45-40-13-6-4-11-36(40)37-12-5-7-14-41(37)45;1-3-6-10-9(2)13-12-8-5-4-7-11(10)12;1-2-8-6-4-3-5-7-8/h4-27H,1-3H3;3-8,13H,1-2H3;3-7H,2H2,1H3/b;6-3-;. The molecule has 66 heavy (non-hydrogen) atoms. The molecule has 12 aromatic rings. The average Bonchev–Trinajstić information content (AvgIpc) is 3.87. The summed E-state index contributed by atoms with van der Waals surface area (Å²) in [4.78, 5) is 3.36. The number of hydrogen-bond acceptors (Lipinski definition) is 0. The molecule has 322 valence electrons. The number of H-pyrrole nitrogens is 1. The quantitative estimate of drug-likeness (QED) is 0.167. The van der Waals surface area contributed by atoms with E-state index < -0.39 is 0 Å². The van der Waals surface area contributed by atoms with Gasteiger partial charge in [0, 0.05) is 38.6 Å². The van der Waals surface area contributed by atoms with Crippen LogP contribution in [0.2, 0.25) is 0 Å². The number of aromatic nitrogens is 2. The van der Waals surface area contributed by atoms with Gasteiger partial charge in [0.25, 0.3) is 0 Å². The van der Waals surface area contributed by atoms with Crippen molar-refractivity contribution in [2.24, 2.45) is 0 Å². The second-order valence-corrected chi connectivity index (χ2v) is 18.4. The maximum absolute atomic E-state index is 3.36. The number of nitrogens with zero attached hydrogens (tertiary/aromatic N) is 1. The van der Waals surface area contributed by atoms with Crippen LogP contribution in [0.1, 0.15) is 57.0 Å². The van der Waals surface area contributed by atoms with Crippen LogP contribution >= 0.6 is 0 Å². The molecule has 0 saturated carbocycles. The predicted molar refractivity (Wildman–Crippen MR) is 288 cm³/mol. The van der Waals surface area contributed by atoms with Crippen molar-refractivity contribution in [3.05, 3.63) is 229 Å². The van der Waals surface area contributed by atoms with E-state index in [0.29, 0.717) is 0 Å². The Labute approximate surface area is 388 Å². The van der Waals surface area contributed by atoms with Gasteiger partial charge in [-0.1, -0.05) is 210 Å². The fourth-order valence-corrected chi connectivity index (χ4v) is 9.86. The minimum absolute atomic E-state index is 0.135. The highest BCUT2D eigenvalue weighted by Crippen LogP contribution is 2.43. The zero-order valence-corrected chi connectivity index (χ0v) is 38.9. The topological polar surface area (TPSA) is 20.7 Å². The number of aromatic amines is 1. The van der Waals surface area contributed by atoms with Crippen molar-refractivity contribution in [1.82, 2.24) is 9.55 Å². The van der Waals surface area contributed by atoms with Crippen LogP contribution in [0.5, 0.6) is 0 Å². The second-order valence-electron chi connectivity index (χ2n) is 18.4. The molecule has 0 bridgehead atoms. The van der Waals surface area contributed by atoms with Crippen molar-refractivity contribution >= 4 is 71.1 Å². The van der Waals surface area contributed by atoms with E-state index in [9.17, 15) is 0 Å². The third kappa shape index (κ3) is 7.83. The minimum atomic E-state index is 0.135. The smallest absolute Gasteiger partial charge is 0.0541 e. The van der Waals surface area contributed by atoms with Gasteiger partial charge < -0.3 is 9.55 Å². The minimum Gasteiger partial charge on any atom is -0.358 e. The molecule has 0 aliphatic heterocycles. The van der Waals surface area contributed by atoms with E-state index in [1.54, 1.807) is 0 Å². The van der Waals surface area contributed by atoms with Crippen molar-refractivity contribution in [1.29, 1.82) is 0 Å². The third-order valence-corrected chi connectivity index (χ3v) is 13.2. The normalized spacial score (nSPS) is 11.8. The fourth-order valence-electron chi connectivity index (χ4n) is 9.86. The van der Waals surface area contributed by atoms with Crippen LogP contribution in [0.15, 0.2) is 206 Å². The van der Waals surface area contributed by atoms with Gasteiger partial charge in [-0.3, -0.25) is 0 Å². The summed E-state index contributed by atoms with van der Waals surface area (Å²) in [5.74, 6) is 0. The van der Waals surface area contributed by atoms with E-state index in [1.165, 1.54) is 115 Å². The fraction of sp³-hybridized carbons (Fsp3) is 0.125. The highest BCUT2D eigenvalue weighted by Gasteiger charge is 2.18. The van der Waals surface area contributed by atoms with Gasteiger partial charge in [0.1, 0.15) is 0 Å². The predicted octanol–water partition coefficient (Wildman–Crippen LogP) is 18.1. The van der Waals surface area contributed by atoms with E-state index >= 15 is 0 Å². The SMILES string of the molecule is C/C=C\c1c(C)[nH]c2ccccc12.CC(C)(C)c1ccc(-c2ccc3ccc4c(-c5cccc(-n6c7ccccc7c7ccccc76)c5)ccc5ccc2c3c54)cc1.CCc1ccccc1. The van der Waals surface area contributed by atoms with Gasteiger partial charge in [-0.25, -0.2) is 0 Å². The molecule has 0 fully saturated rings. The number of aryl methyl sites for hydroxylation is 2. The molecule has 1 N–H and O–H groups in total. The molecule has 0 spiro atoms. The molecule has 0 aliphatic rings. The van der Waals surface area contributed by atoms with Crippen molar-refractivity contribution in [2.75, 3.05) is 0 Å². The van der Waals surface area contributed by atoms with E-state index in [4.69, 9.17) is 0 Å². The molecule has 0 radical (unpaired) electrons. The molecule has 0 unspecified atom stereocenters. The second kappa shape index (κ2) is 17.7. The molecule has 2 heteroatoms. The molecule has 12 rings (SSSR count). The Bertz CT molecular complexity index is 3610. The number of allylic oxidation sites excluding steroid dienone is 1. The van der Waals surface area contributed by atoms with Crippen molar-refractivity contribution in [3.63, 3.8) is 0 Å². The Balaban J connectivity index is 0.000000199. The van der Waals surface area contributed by atoms with Gasteiger partial charge in [-0.05, 0) is 122 Å². The number of rotatable bonds is 5. The molecule has 10 aromatic carbocycles. The van der Waals surface area contributed by atoms with E-state index in [0.717, 1.165) is 6.42 Å². The van der Waals surface area contributed by atoms with Crippen LogP contribution in [0.3, 0.4) is 0 Å². The first-order chi connectivity index (χ1) is 32.2. The zero-order valence-electron chi connectivity index (χ0n) is 38.9. The van der Waals surface area contributed by atoms with Crippen molar-refractivity contribution < 1.29 is 0 Å². The summed E-state index contributed by atoms with van der Waals surface area (Å²) in [5.41, 5.74) is 15.3. The molecule has 2 nitrogen and oxygen atoms in total. The van der Waals surface area contributed by atoms with Gasteiger partial charge in [0.15, 0.2) is 0 Å². The number of para-hydroxylation sites is 3. The van der Waals surface area contributed by atoms with E-state index in [2.05, 4.69) is 250 Å². The van der Waals surface area contributed by atoms with Crippen LogP contribution in [-0.2, 0) is 11.8 Å². The first-order valence-corrected chi connectivity index (χ1v) is 23.4. The van der Waals surface area contributed by atoms with Gasteiger partial charge >= 0.3 is 0 Å². The summed E-state index contributed by atoms with van der Waals surface area (Å²) in [7, 11) is 0. The van der Waals surface area contributed by atoms with Gasteiger partial charge in [-0.15, -0.1) is 0 Å². The third-order valence-electron chi connectivity index (χ3n) is 13.2. The van der Waals surface area contributed by atoms with E-state index in [-0.39, 0.29) is 5.41 Å². The molecular weight excluding hydrogens is 797 g/mol. The Morgan fingerprint density at radius 2 is 1.05 bits per heavy atom. The Morgan fingerprint density at radius 3 is 1.62 bits per heavy atom. The number of hydrogen-bond donors (Lipinski definition) is 1. The van der Waals surface area contributed by atoms with Crippen LogP contribution in [0, 0.1) is 6.92 Å². The summed E-state index contributed by atoms with van der Waals surface area (Å²) in [5, 5.41) is 11.7. The zero-order chi connectivity index (χ0) is 45.4. The summed E-state index contributed by atoms with van der Waals surface area (Å²) in [6.07, 6.45) is 5.36. The maximum Gasteiger partial charge on any atom is 0.0541 e. The maximum atomic E-state index is 3.36. The van der Waals surface area contributed by atoms with Crippen LogP contribution < -0.4 is 0 Å². The summed E-state index contributed by atoms with van der Waals surface area (Å²) < 4.78 is 2.40. The summed E-state index contributed by atoms with van der Waals surface area (Å²) in [6, 6.07) is 72.9. The van der Waals surface area contributed by atoms with E-state index in [1.807, 2.05) is 13.0 Å². The first-order valence-electron chi connectivity index (χ1n) is 23.4. The largest absolute Gasteiger partial charge is 0.358 e. The lowest BCUT2D eigenvalue weighted by Crippen LogP contribution is -2.10. The Morgan fingerprint density at radius 1 is 0.500 bits per heavy atom. The lowest BCUT2D eigenvalue weighted by atomic mass is 9.85. The van der Waals surface area contributed by atoms with Gasteiger partial charge in [0.05, 0.1) is 11.0 Å². The van der Waals surface area contributed by atoms with Crippen LogP contribution in [-0.4, -0.2) is 9.55 Å². The van der Waals surface area contributed by atoms with Crippen LogP contribution in [0.4, 0.5) is 0 Å². The number of benzene rings is 10. The van der Waals surface area contributed by atoms with Crippen LogP contribution in [0.25, 0.3) is 99.0 Å². The number of nitrogens with one attached hydrogen (secondary N) is 1. The molecule has 0 saturated heterocycles. The summed E-state index contributed by atoms with van der Waals surface area (Å²) >= 11 is 0. The lowest BCUT2D eigenvalue weighted by molar-refractivity contribution is 0.590. The molecule has 2 aromatic heterocycles. The Hall–Kier alpha value is -7.68. The summed E-state index contributed by atoms with van der Waals surface area (Å²) in [6.45, 7) is 13.1. The molecular formula is C64H56N2. The molecule has 2 heterocycles. The lowest BCUT2D eigenvalue weighted by Gasteiger charge is -2.20. The monoisotopic (exact) mass is 852 g/mol.